The third-order valence-corrected chi connectivity index (χ3v) is 5.96. The molecule has 0 bridgehead atoms. The van der Waals surface area contributed by atoms with Crippen molar-refractivity contribution in [2.75, 3.05) is 0 Å². The van der Waals surface area contributed by atoms with E-state index in [4.69, 9.17) is 5.11 Å². The number of ether oxygens (including phenoxy) is 1. The average molecular weight is 470 g/mol. The summed E-state index contributed by atoms with van der Waals surface area (Å²) < 4.78 is 40.6. The van der Waals surface area contributed by atoms with Crippen LogP contribution in [0.3, 0.4) is 0 Å². The van der Waals surface area contributed by atoms with Gasteiger partial charge in [-0.2, -0.15) is 5.10 Å². The number of rotatable bonds is 6. The van der Waals surface area contributed by atoms with E-state index in [0.717, 1.165) is 34.8 Å². The number of carboxylic acids is 1. The molecule has 0 atom stereocenters. The van der Waals surface area contributed by atoms with E-state index in [1.807, 2.05) is 0 Å². The molecule has 7 nitrogen and oxygen atoms in total. The van der Waals surface area contributed by atoms with Crippen LogP contribution in [0.1, 0.15) is 31.8 Å². The first-order chi connectivity index (χ1) is 14.5. The fraction of sp³-hybridized carbons (Fsp3) is 0.105. The summed E-state index contributed by atoms with van der Waals surface area (Å²) in [6, 6.07) is 7.69. The van der Waals surface area contributed by atoms with Crippen LogP contribution < -0.4 is 10.2 Å². The Kier molecular flexibility index (Phi) is 6.32. The number of carboxylic acid groups (broad SMARTS) is 1. The number of hydrazone groups is 1. The van der Waals surface area contributed by atoms with Gasteiger partial charge in [-0.25, -0.2) is 10.2 Å². The van der Waals surface area contributed by atoms with Crippen LogP contribution in [0.5, 0.6) is 11.5 Å². The summed E-state index contributed by atoms with van der Waals surface area (Å²) in [5, 5.41) is 24.9. The Morgan fingerprint density at radius 1 is 1.10 bits per heavy atom. The molecule has 3 N–H and O–H groups in total. The van der Waals surface area contributed by atoms with Gasteiger partial charge in [0, 0.05) is 5.38 Å². The van der Waals surface area contributed by atoms with Crippen molar-refractivity contribution in [2.45, 2.75) is 13.3 Å². The fourth-order valence-corrected chi connectivity index (χ4v) is 4.19. The van der Waals surface area contributed by atoms with Crippen LogP contribution >= 0.6 is 22.7 Å². The third kappa shape index (κ3) is 5.41. The Morgan fingerprint density at radius 3 is 2.32 bits per heavy atom. The van der Waals surface area contributed by atoms with E-state index in [1.54, 1.807) is 12.3 Å². The summed E-state index contributed by atoms with van der Waals surface area (Å²) >= 11 is 1.94. The predicted molar refractivity (Wildman–Crippen MR) is 109 cm³/mol. The van der Waals surface area contributed by atoms with E-state index in [-0.39, 0.29) is 27.0 Å². The number of nitrogens with one attached hydrogen (secondary N) is 1. The van der Waals surface area contributed by atoms with Crippen molar-refractivity contribution in [3.8, 4) is 21.9 Å². The molecule has 0 saturated carbocycles. The molecule has 0 aliphatic heterocycles. The molecule has 0 fully saturated rings. The van der Waals surface area contributed by atoms with Crippen LogP contribution in [0.25, 0.3) is 10.4 Å². The van der Waals surface area contributed by atoms with Gasteiger partial charge in [-0.15, -0.1) is 35.8 Å². The van der Waals surface area contributed by atoms with Gasteiger partial charge in [0.25, 0.3) is 5.91 Å². The first-order valence-electron chi connectivity index (χ1n) is 8.40. The van der Waals surface area contributed by atoms with E-state index in [1.165, 1.54) is 24.3 Å². The number of nitrogens with zero attached hydrogens (tertiary/aromatic N) is 1. The molecular formula is C19H13F3N2O5S2. The van der Waals surface area contributed by atoms with E-state index in [2.05, 4.69) is 15.3 Å². The van der Waals surface area contributed by atoms with Crippen LogP contribution in [0.15, 0.2) is 46.9 Å². The van der Waals surface area contributed by atoms with Gasteiger partial charge < -0.3 is 14.9 Å². The molecule has 2 heterocycles. The molecule has 0 saturated heterocycles. The molecule has 12 heteroatoms. The summed E-state index contributed by atoms with van der Waals surface area (Å²) in [5.41, 5.74) is 3.37. The van der Waals surface area contributed by atoms with Gasteiger partial charge in [-0.3, -0.25) is 4.79 Å². The largest absolute Gasteiger partial charge is 0.573 e. The SMILES string of the molecule is CC(=NNC(=O)c1ccc(C(=O)O)s1)c1csc(-c2ccc(OC(F)(F)F)cc2)c1O. The van der Waals surface area contributed by atoms with Gasteiger partial charge in [0.2, 0.25) is 0 Å². The minimum absolute atomic E-state index is 0.0117. The maximum Gasteiger partial charge on any atom is 0.573 e. The quantitative estimate of drug-likeness (QED) is 0.350. The smallest absolute Gasteiger partial charge is 0.506 e. The molecule has 0 radical (unpaired) electrons. The summed E-state index contributed by atoms with van der Waals surface area (Å²) in [6.45, 7) is 1.54. The van der Waals surface area contributed by atoms with Crippen LogP contribution in [-0.2, 0) is 0 Å². The van der Waals surface area contributed by atoms with E-state index in [0.29, 0.717) is 16.0 Å². The predicted octanol–water partition coefficient (Wildman–Crippen LogP) is 4.93. The molecule has 0 unspecified atom stereocenters. The number of thiophene rings is 2. The maximum absolute atomic E-state index is 12.3. The Morgan fingerprint density at radius 2 is 1.74 bits per heavy atom. The Balaban J connectivity index is 1.74. The van der Waals surface area contributed by atoms with E-state index in [9.17, 15) is 27.9 Å². The first-order valence-corrected chi connectivity index (χ1v) is 10.1. The minimum Gasteiger partial charge on any atom is -0.506 e. The molecule has 0 spiro atoms. The zero-order valence-corrected chi connectivity index (χ0v) is 17.2. The Labute approximate surface area is 181 Å². The minimum atomic E-state index is -4.80. The van der Waals surface area contributed by atoms with Gasteiger partial charge in [0.05, 0.1) is 21.0 Å². The number of carbonyl (C=O) groups excluding carboxylic acids is 1. The van der Waals surface area contributed by atoms with Crippen molar-refractivity contribution in [3.63, 3.8) is 0 Å². The average Bonchev–Trinajstić information content (AvgIpc) is 3.33. The standard InChI is InChI=1S/C19H13F3N2O5S2/c1-9(23-24-17(26)13-6-7-14(31-13)18(27)28)12-8-30-16(15(12)25)10-2-4-11(5-3-10)29-19(20,21)22/h2-8,25H,1H3,(H,24,26)(H,27,28). The highest BCUT2D eigenvalue weighted by Gasteiger charge is 2.31. The number of carbonyl (C=O) groups is 2. The molecule has 0 aliphatic carbocycles. The van der Waals surface area contributed by atoms with Crippen LogP contribution in [0.2, 0.25) is 0 Å². The summed E-state index contributed by atoms with van der Waals surface area (Å²) in [4.78, 5) is 23.6. The van der Waals surface area contributed by atoms with Crippen molar-refractivity contribution < 1.29 is 37.7 Å². The summed E-state index contributed by atoms with van der Waals surface area (Å²) in [6.07, 6.45) is -4.80. The van der Waals surface area contributed by atoms with Gasteiger partial charge in [0.15, 0.2) is 0 Å². The lowest BCUT2D eigenvalue weighted by Gasteiger charge is -2.09. The van der Waals surface area contributed by atoms with Crippen molar-refractivity contribution in [3.05, 3.63) is 57.1 Å². The van der Waals surface area contributed by atoms with Crippen LogP contribution in [-0.4, -0.2) is 34.2 Å². The maximum atomic E-state index is 12.3. The highest BCUT2D eigenvalue weighted by molar-refractivity contribution is 7.15. The second-order valence-corrected chi connectivity index (χ2v) is 7.97. The zero-order chi connectivity index (χ0) is 22.8. The summed E-state index contributed by atoms with van der Waals surface area (Å²) in [5.74, 6) is -2.27. The molecule has 3 aromatic rings. The van der Waals surface area contributed by atoms with E-state index < -0.39 is 18.2 Å². The zero-order valence-electron chi connectivity index (χ0n) is 15.6. The first kappa shape index (κ1) is 22.3. The number of hydrogen-bond donors (Lipinski definition) is 3. The molecule has 0 aliphatic rings. The Hall–Kier alpha value is -3.38. The number of aromatic hydroxyl groups is 1. The number of benzene rings is 1. The van der Waals surface area contributed by atoms with Crippen molar-refractivity contribution in [1.82, 2.24) is 5.43 Å². The lowest BCUT2D eigenvalue weighted by atomic mass is 10.1. The normalized spacial score (nSPS) is 11.9. The molecule has 2 aromatic heterocycles. The van der Waals surface area contributed by atoms with Crippen LogP contribution in [0.4, 0.5) is 13.2 Å². The van der Waals surface area contributed by atoms with Gasteiger partial charge in [-0.05, 0) is 48.9 Å². The third-order valence-electron chi connectivity index (χ3n) is 3.87. The van der Waals surface area contributed by atoms with E-state index >= 15 is 0 Å². The highest BCUT2D eigenvalue weighted by atomic mass is 32.1. The number of alkyl halides is 3. The topological polar surface area (TPSA) is 108 Å². The second-order valence-electron chi connectivity index (χ2n) is 6.01. The molecule has 1 aromatic carbocycles. The fourth-order valence-electron chi connectivity index (χ4n) is 2.45. The molecular weight excluding hydrogens is 457 g/mol. The van der Waals surface area contributed by atoms with Crippen molar-refractivity contribution in [1.29, 1.82) is 0 Å². The van der Waals surface area contributed by atoms with Gasteiger partial charge in [-0.1, -0.05) is 0 Å². The number of halogens is 3. The molecule has 1 amide bonds. The monoisotopic (exact) mass is 470 g/mol. The van der Waals surface area contributed by atoms with Gasteiger partial charge in [0.1, 0.15) is 16.4 Å². The van der Waals surface area contributed by atoms with Gasteiger partial charge >= 0.3 is 12.3 Å². The number of aromatic carboxylic acids is 1. The number of amides is 1. The highest BCUT2D eigenvalue weighted by Crippen LogP contribution is 2.39. The molecule has 162 valence electrons. The molecule has 31 heavy (non-hydrogen) atoms. The lowest BCUT2D eigenvalue weighted by molar-refractivity contribution is -0.274. The van der Waals surface area contributed by atoms with Crippen molar-refractivity contribution >= 4 is 40.3 Å². The number of hydrogen-bond acceptors (Lipinski definition) is 7. The molecule has 3 rings (SSSR count). The summed E-state index contributed by atoms with van der Waals surface area (Å²) in [7, 11) is 0. The lowest BCUT2D eigenvalue weighted by Crippen LogP contribution is -2.18. The Bertz CT molecular complexity index is 1150. The second kappa shape index (κ2) is 8.78. The van der Waals surface area contributed by atoms with Crippen LogP contribution in [0, 0.1) is 0 Å². The van der Waals surface area contributed by atoms with Crippen molar-refractivity contribution in [2.24, 2.45) is 5.10 Å².